The van der Waals surface area contributed by atoms with Crippen molar-refractivity contribution in [3.8, 4) is 0 Å². The second kappa shape index (κ2) is 6.17. The smallest absolute Gasteiger partial charge is 0.0340 e. The summed E-state index contributed by atoms with van der Waals surface area (Å²) in [6.45, 7) is 7.02. The van der Waals surface area contributed by atoms with E-state index in [1.54, 1.807) is 0 Å². The third-order valence-electron chi connectivity index (χ3n) is 5.39. The molecule has 1 aliphatic carbocycles. The van der Waals surface area contributed by atoms with Crippen molar-refractivity contribution in [1.82, 2.24) is 4.90 Å². The highest BCUT2D eigenvalue weighted by Gasteiger charge is 2.36. The predicted octanol–water partition coefficient (Wildman–Crippen LogP) is 4.06. The summed E-state index contributed by atoms with van der Waals surface area (Å²) < 4.78 is 0. The number of likely N-dealkylation sites (tertiary alicyclic amines) is 1. The maximum Gasteiger partial charge on any atom is 0.0340 e. The third-order valence-corrected chi connectivity index (χ3v) is 5.39. The Kier molecular flexibility index (Phi) is 4.30. The number of anilines is 1. The van der Waals surface area contributed by atoms with E-state index in [-0.39, 0.29) is 0 Å². The molecule has 0 radical (unpaired) electrons. The summed E-state index contributed by atoms with van der Waals surface area (Å²) in [7, 11) is 0. The molecule has 1 saturated heterocycles. The molecule has 0 aromatic heterocycles. The molecule has 1 heterocycles. The van der Waals surface area contributed by atoms with Crippen molar-refractivity contribution in [2.45, 2.75) is 45.4 Å². The summed E-state index contributed by atoms with van der Waals surface area (Å²) >= 11 is 0. The molecule has 3 rings (SSSR count). The van der Waals surface area contributed by atoms with Crippen molar-refractivity contribution in [2.75, 3.05) is 31.5 Å². The lowest BCUT2D eigenvalue weighted by molar-refractivity contribution is 0.112. The molecule has 1 aromatic carbocycles. The van der Waals surface area contributed by atoms with Crippen molar-refractivity contribution >= 4 is 5.69 Å². The Labute approximate surface area is 123 Å². The van der Waals surface area contributed by atoms with Gasteiger partial charge in [0.05, 0.1) is 0 Å². The molecule has 0 amide bonds. The van der Waals surface area contributed by atoms with E-state index in [1.165, 1.54) is 69.4 Å². The highest BCUT2D eigenvalue weighted by Crippen LogP contribution is 2.45. The summed E-state index contributed by atoms with van der Waals surface area (Å²) in [6.07, 6.45) is 8.85. The quantitative estimate of drug-likeness (QED) is 0.889. The highest BCUT2D eigenvalue weighted by atomic mass is 15.1. The Morgan fingerprint density at radius 1 is 1.00 bits per heavy atom. The van der Waals surface area contributed by atoms with E-state index in [1.807, 2.05) is 0 Å². The highest BCUT2D eigenvalue weighted by molar-refractivity contribution is 5.44. The molecular formula is C18H28N2. The molecule has 1 saturated carbocycles. The second-order valence-electron chi connectivity index (χ2n) is 6.84. The van der Waals surface area contributed by atoms with E-state index in [4.69, 9.17) is 0 Å². The van der Waals surface area contributed by atoms with E-state index < -0.39 is 0 Å². The van der Waals surface area contributed by atoms with Crippen LogP contribution in [0.5, 0.6) is 0 Å². The maximum absolute atomic E-state index is 3.54. The minimum Gasteiger partial charge on any atom is -0.384 e. The zero-order valence-corrected chi connectivity index (χ0v) is 12.8. The lowest BCUT2D eigenvalue weighted by Crippen LogP contribution is -2.40. The number of nitrogens with one attached hydrogen (secondary N) is 1. The Hall–Kier alpha value is -1.02. The molecule has 1 aliphatic heterocycles. The molecule has 2 heteroatoms. The summed E-state index contributed by atoms with van der Waals surface area (Å²) in [5.41, 5.74) is 3.33. The zero-order chi connectivity index (χ0) is 13.8. The van der Waals surface area contributed by atoms with E-state index in [9.17, 15) is 0 Å². The Morgan fingerprint density at radius 3 is 2.30 bits per heavy atom. The first-order valence-corrected chi connectivity index (χ1v) is 8.29. The van der Waals surface area contributed by atoms with Crippen LogP contribution in [-0.4, -0.2) is 31.1 Å². The molecule has 0 unspecified atom stereocenters. The second-order valence-corrected chi connectivity index (χ2v) is 6.84. The molecule has 20 heavy (non-hydrogen) atoms. The fraction of sp³-hybridized carbons (Fsp3) is 0.667. The molecule has 0 atom stereocenters. The van der Waals surface area contributed by atoms with Gasteiger partial charge in [-0.1, -0.05) is 30.5 Å². The van der Waals surface area contributed by atoms with E-state index in [0.29, 0.717) is 0 Å². The van der Waals surface area contributed by atoms with Crippen LogP contribution in [0.2, 0.25) is 0 Å². The van der Waals surface area contributed by atoms with Gasteiger partial charge in [0.1, 0.15) is 0 Å². The molecule has 2 nitrogen and oxygen atoms in total. The van der Waals surface area contributed by atoms with Gasteiger partial charge in [-0.3, -0.25) is 0 Å². The number of hydrogen-bond donors (Lipinski definition) is 1. The number of piperidine rings is 1. The largest absolute Gasteiger partial charge is 0.384 e. The SMILES string of the molecule is Cc1ccc(NCCN2CCC3(CCCC3)CC2)cc1. The number of rotatable bonds is 4. The molecule has 1 aromatic rings. The minimum absolute atomic E-state index is 0.751. The molecule has 0 bridgehead atoms. The van der Waals surface area contributed by atoms with Crippen LogP contribution in [-0.2, 0) is 0 Å². The van der Waals surface area contributed by atoms with Crippen molar-refractivity contribution in [1.29, 1.82) is 0 Å². The summed E-state index contributed by atoms with van der Waals surface area (Å²) in [5.74, 6) is 0. The number of aryl methyl sites for hydroxylation is 1. The van der Waals surface area contributed by atoms with Gasteiger partial charge in [0.25, 0.3) is 0 Å². The van der Waals surface area contributed by atoms with Crippen LogP contribution in [0.15, 0.2) is 24.3 Å². The summed E-state index contributed by atoms with van der Waals surface area (Å²) in [5, 5.41) is 3.54. The molecule has 2 aliphatic rings. The van der Waals surface area contributed by atoms with Gasteiger partial charge in [0, 0.05) is 18.8 Å². The van der Waals surface area contributed by atoms with Gasteiger partial charge in [-0.05, 0) is 63.2 Å². The van der Waals surface area contributed by atoms with Crippen LogP contribution >= 0.6 is 0 Å². The van der Waals surface area contributed by atoms with Crippen molar-refractivity contribution in [3.05, 3.63) is 29.8 Å². The average molecular weight is 272 g/mol. The number of benzene rings is 1. The van der Waals surface area contributed by atoms with E-state index >= 15 is 0 Å². The van der Waals surface area contributed by atoms with E-state index in [2.05, 4.69) is 41.4 Å². The van der Waals surface area contributed by atoms with Gasteiger partial charge in [0.15, 0.2) is 0 Å². The monoisotopic (exact) mass is 272 g/mol. The molecule has 2 fully saturated rings. The third kappa shape index (κ3) is 3.35. The Morgan fingerprint density at radius 2 is 1.65 bits per heavy atom. The average Bonchev–Trinajstić information content (AvgIpc) is 2.92. The van der Waals surface area contributed by atoms with Crippen LogP contribution in [0.1, 0.15) is 44.1 Å². The van der Waals surface area contributed by atoms with Crippen LogP contribution in [0.3, 0.4) is 0 Å². The first-order chi connectivity index (χ1) is 9.76. The van der Waals surface area contributed by atoms with Crippen LogP contribution in [0.4, 0.5) is 5.69 Å². The number of nitrogens with zero attached hydrogens (tertiary/aromatic N) is 1. The van der Waals surface area contributed by atoms with Crippen molar-refractivity contribution < 1.29 is 0 Å². The van der Waals surface area contributed by atoms with Crippen LogP contribution in [0, 0.1) is 12.3 Å². The normalized spacial score (nSPS) is 22.2. The van der Waals surface area contributed by atoms with Crippen molar-refractivity contribution in [3.63, 3.8) is 0 Å². The van der Waals surface area contributed by atoms with Gasteiger partial charge in [-0.15, -0.1) is 0 Å². The van der Waals surface area contributed by atoms with Gasteiger partial charge in [-0.2, -0.15) is 0 Å². The van der Waals surface area contributed by atoms with Gasteiger partial charge in [0.2, 0.25) is 0 Å². The summed E-state index contributed by atoms with van der Waals surface area (Å²) in [6, 6.07) is 8.71. The minimum atomic E-state index is 0.751. The number of hydrogen-bond acceptors (Lipinski definition) is 2. The topological polar surface area (TPSA) is 15.3 Å². The Balaban J connectivity index is 1.38. The summed E-state index contributed by atoms with van der Waals surface area (Å²) in [4.78, 5) is 2.64. The fourth-order valence-corrected chi connectivity index (χ4v) is 3.91. The maximum atomic E-state index is 3.54. The molecular weight excluding hydrogens is 244 g/mol. The molecule has 1 N–H and O–H groups in total. The standard InChI is InChI=1S/C18H28N2/c1-16-4-6-17(7-5-16)19-12-15-20-13-10-18(11-14-20)8-2-3-9-18/h4-7,19H,2-3,8-15H2,1H3. The molecule has 110 valence electrons. The van der Waals surface area contributed by atoms with Gasteiger partial charge in [-0.25, -0.2) is 0 Å². The fourth-order valence-electron chi connectivity index (χ4n) is 3.91. The van der Waals surface area contributed by atoms with Gasteiger partial charge < -0.3 is 10.2 Å². The van der Waals surface area contributed by atoms with Crippen molar-refractivity contribution in [2.24, 2.45) is 5.41 Å². The van der Waals surface area contributed by atoms with Crippen LogP contribution in [0.25, 0.3) is 0 Å². The first kappa shape index (κ1) is 13.9. The van der Waals surface area contributed by atoms with Crippen LogP contribution < -0.4 is 5.32 Å². The molecule has 1 spiro atoms. The first-order valence-electron chi connectivity index (χ1n) is 8.29. The van der Waals surface area contributed by atoms with Gasteiger partial charge >= 0.3 is 0 Å². The van der Waals surface area contributed by atoms with E-state index in [0.717, 1.165) is 12.0 Å². The lowest BCUT2D eigenvalue weighted by Gasteiger charge is -2.39. The zero-order valence-electron chi connectivity index (χ0n) is 12.8. The Bertz CT molecular complexity index is 408. The lowest BCUT2D eigenvalue weighted by atomic mass is 9.77. The predicted molar refractivity (Wildman–Crippen MR) is 86.2 cm³/mol.